The minimum Gasteiger partial charge on any atom is -0.339 e. The number of benzene rings is 2. The summed E-state index contributed by atoms with van der Waals surface area (Å²) in [4.78, 5) is 30.7. The summed E-state index contributed by atoms with van der Waals surface area (Å²) in [6.07, 6.45) is 0.256. The van der Waals surface area contributed by atoms with E-state index < -0.39 is 0 Å². The van der Waals surface area contributed by atoms with Gasteiger partial charge in [-0.25, -0.2) is 0 Å². The van der Waals surface area contributed by atoms with Gasteiger partial charge in [0, 0.05) is 35.8 Å². The number of rotatable bonds is 5. The zero-order chi connectivity index (χ0) is 20.4. The van der Waals surface area contributed by atoms with Crippen molar-refractivity contribution in [2.24, 2.45) is 5.92 Å². The van der Waals surface area contributed by atoms with Gasteiger partial charge < -0.3 is 14.7 Å². The highest BCUT2D eigenvalue weighted by Crippen LogP contribution is 2.25. The van der Waals surface area contributed by atoms with Crippen molar-refractivity contribution in [3.63, 3.8) is 0 Å². The van der Waals surface area contributed by atoms with Gasteiger partial charge in [-0.1, -0.05) is 35.5 Å². The Balaban J connectivity index is 1.42. The van der Waals surface area contributed by atoms with E-state index in [0.717, 1.165) is 11.1 Å². The van der Waals surface area contributed by atoms with Crippen LogP contribution in [-0.2, 0) is 9.59 Å². The molecule has 2 amide bonds. The largest absolute Gasteiger partial charge is 0.339 e. The summed E-state index contributed by atoms with van der Waals surface area (Å²) in [7, 11) is 0. The fourth-order valence-electron chi connectivity index (χ4n) is 3.39. The molecule has 1 aromatic heterocycles. The van der Waals surface area contributed by atoms with Crippen LogP contribution in [-0.4, -0.2) is 39.4 Å². The van der Waals surface area contributed by atoms with Gasteiger partial charge in [0.25, 0.3) is 5.89 Å². The van der Waals surface area contributed by atoms with Crippen LogP contribution in [0.2, 0.25) is 0 Å². The highest BCUT2D eigenvalue weighted by molar-refractivity contribution is 5.97. The van der Waals surface area contributed by atoms with Crippen molar-refractivity contribution in [2.45, 2.75) is 26.3 Å². The Morgan fingerprint density at radius 2 is 1.83 bits per heavy atom. The fraction of sp³-hybridized carbons (Fsp3) is 0.273. The lowest BCUT2D eigenvalue weighted by Gasteiger charge is -2.20. The first-order chi connectivity index (χ1) is 14.0. The molecule has 0 aliphatic carbocycles. The van der Waals surface area contributed by atoms with Crippen LogP contribution in [0.25, 0.3) is 22.8 Å². The Morgan fingerprint density at radius 1 is 1.10 bits per heavy atom. The maximum absolute atomic E-state index is 12.5. The molecule has 7 nitrogen and oxygen atoms in total. The molecule has 1 N–H and O–H groups in total. The van der Waals surface area contributed by atoms with Gasteiger partial charge >= 0.3 is 0 Å². The highest BCUT2D eigenvalue weighted by atomic mass is 16.5. The second-order valence-electron chi connectivity index (χ2n) is 7.40. The van der Waals surface area contributed by atoms with Crippen LogP contribution in [0.1, 0.15) is 20.3 Å². The third-order valence-electron chi connectivity index (χ3n) is 5.01. The summed E-state index contributed by atoms with van der Waals surface area (Å²) in [6, 6.07) is 16.9. The van der Waals surface area contributed by atoms with E-state index in [4.69, 9.17) is 4.52 Å². The lowest BCUT2D eigenvalue weighted by Crippen LogP contribution is -2.33. The Labute approximate surface area is 168 Å². The van der Waals surface area contributed by atoms with E-state index in [1.807, 2.05) is 56.3 Å². The van der Waals surface area contributed by atoms with Crippen LogP contribution in [0.15, 0.2) is 59.1 Å². The van der Waals surface area contributed by atoms with Crippen molar-refractivity contribution in [1.82, 2.24) is 15.0 Å². The number of hydrogen-bond donors (Lipinski definition) is 1. The average Bonchev–Trinajstić information content (AvgIpc) is 3.36. The fourth-order valence-corrected chi connectivity index (χ4v) is 3.39. The van der Waals surface area contributed by atoms with Crippen molar-refractivity contribution in [3.8, 4) is 22.8 Å². The molecule has 1 aliphatic rings. The first-order valence-electron chi connectivity index (χ1n) is 9.61. The van der Waals surface area contributed by atoms with Gasteiger partial charge in [0.1, 0.15) is 0 Å². The molecule has 3 aromatic rings. The maximum Gasteiger partial charge on any atom is 0.258 e. The molecule has 1 saturated heterocycles. The van der Waals surface area contributed by atoms with Gasteiger partial charge in [0.2, 0.25) is 17.6 Å². The second-order valence-corrected chi connectivity index (χ2v) is 7.40. The summed E-state index contributed by atoms with van der Waals surface area (Å²) < 4.78 is 5.36. The van der Waals surface area contributed by atoms with Gasteiger partial charge in [-0.05, 0) is 38.1 Å². The summed E-state index contributed by atoms with van der Waals surface area (Å²) in [5.41, 5.74) is 2.31. The number of carbonyl (C=O) groups excluding carboxylic acids is 2. The number of aromatic nitrogens is 2. The summed E-state index contributed by atoms with van der Waals surface area (Å²) >= 11 is 0. The Bertz CT molecular complexity index is 1010. The number of nitrogens with zero attached hydrogens (tertiary/aromatic N) is 3. The summed E-state index contributed by atoms with van der Waals surface area (Å²) in [6.45, 7) is 4.37. The predicted octanol–water partition coefficient (Wildman–Crippen LogP) is 3.60. The molecule has 148 valence electrons. The molecule has 4 rings (SSSR count). The lowest BCUT2D eigenvalue weighted by molar-refractivity contribution is -0.129. The third-order valence-corrected chi connectivity index (χ3v) is 5.01. The first kappa shape index (κ1) is 18.9. The average molecular weight is 390 g/mol. The molecule has 0 bridgehead atoms. The van der Waals surface area contributed by atoms with Crippen molar-refractivity contribution < 1.29 is 14.1 Å². The topological polar surface area (TPSA) is 88.3 Å². The van der Waals surface area contributed by atoms with Crippen molar-refractivity contribution in [2.75, 3.05) is 11.9 Å². The van der Waals surface area contributed by atoms with Crippen LogP contribution in [0.5, 0.6) is 0 Å². The molecule has 0 saturated carbocycles. The molecule has 1 fully saturated rings. The second kappa shape index (κ2) is 7.87. The first-order valence-corrected chi connectivity index (χ1v) is 9.61. The molecule has 0 spiro atoms. The van der Waals surface area contributed by atoms with Crippen molar-refractivity contribution in [3.05, 3.63) is 54.6 Å². The molecule has 2 aromatic carbocycles. The third kappa shape index (κ3) is 4.03. The lowest BCUT2D eigenvalue weighted by atomic mass is 10.1. The molecule has 1 atom stereocenters. The number of likely N-dealkylation sites (tertiary alicyclic amines) is 1. The van der Waals surface area contributed by atoms with Crippen LogP contribution < -0.4 is 5.32 Å². The van der Waals surface area contributed by atoms with Crippen molar-refractivity contribution >= 4 is 17.5 Å². The van der Waals surface area contributed by atoms with E-state index in [1.54, 1.807) is 17.0 Å². The van der Waals surface area contributed by atoms with Gasteiger partial charge in [0.15, 0.2) is 0 Å². The van der Waals surface area contributed by atoms with E-state index in [0.29, 0.717) is 23.9 Å². The Morgan fingerprint density at radius 3 is 2.48 bits per heavy atom. The van der Waals surface area contributed by atoms with Gasteiger partial charge in [-0.2, -0.15) is 4.98 Å². The number of amides is 2. The summed E-state index contributed by atoms with van der Waals surface area (Å²) in [5.74, 6) is 0.503. The van der Waals surface area contributed by atoms with E-state index >= 15 is 0 Å². The number of carbonyl (C=O) groups is 2. The van der Waals surface area contributed by atoms with E-state index in [9.17, 15) is 9.59 Å². The number of anilines is 1. The quantitative estimate of drug-likeness (QED) is 0.719. The van der Waals surface area contributed by atoms with Gasteiger partial charge in [0.05, 0.1) is 5.92 Å². The van der Waals surface area contributed by atoms with E-state index in [1.165, 1.54) is 0 Å². The zero-order valence-corrected chi connectivity index (χ0v) is 16.3. The number of hydrogen-bond acceptors (Lipinski definition) is 5. The maximum atomic E-state index is 12.5. The van der Waals surface area contributed by atoms with Crippen LogP contribution in [0, 0.1) is 5.92 Å². The van der Waals surface area contributed by atoms with Crippen LogP contribution in [0.3, 0.4) is 0 Å². The molecule has 0 unspecified atom stereocenters. The highest BCUT2D eigenvalue weighted by Gasteiger charge is 2.35. The molecule has 0 radical (unpaired) electrons. The van der Waals surface area contributed by atoms with E-state index in [2.05, 4.69) is 15.5 Å². The predicted molar refractivity (Wildman–Crippen MR) is 109 cm³/mol. The van der Waals surface area contributed by atoms with Crippen LogP contribution in [0.4, 0.5) is 5.69 Å². The standard InChI is InChI=1S/C22H22N4O3/c1-14(2)26-13-17(12-19(26)27)21(28)23-18-10-8-16(9-11-18)22-24-20(25-29-22)15-6-4-3-5-7-15/h3-11,14,17H,12-13H2,1-2H3,(H,23,28)/t17-/m0/s1. The van der Waals surface area contributed by atoms with Crippen molar-refractivity contribution in [1.29, 1.82) is 0 Å². The molecule has 7 heteroatoms. The smallest absolute Gasteiger partial charge is 0.258 e. The monoisotopic (exact) mass is 390 g/mol. The zero-order valence-electron chi connectivity index (χ0n) is 16.3. The Kier molecular flexibility index (Phi) is 5.12. The van der Waals surface area contributed by atoms with Gasteiger partial charge in [-0.15, -0.1) is 0 Å². The minimum atomic E-state index is -0.325. The Hall–Kier alpha value is -3.48. The summed E-state index contributed by atoms with van der Waals surface area (Å²) in [5, 5.41) is 6.91. The van der Waals surface area contributed by atoms with E-state index in [-0.39, 0.29) is 30.2 Å². The number of nitrogens with one attached hydrogen (secondary N) is 1. The van der Waals surface area contributed by atoms with Crippen LogP contribution >= 0.6 is 0 Å². The molecule has 2 heterocycles. The molecule has 1 aliphatic heterocycles. The molecular formula is C22H22N4O3. The molecular weight excluding hydrogens is 368 g/mol. The SMILES string of the molecule is CC(C)N1C[C@@H](C(=O)Nc2ccc(-c3nc(-c4ccccc4)no3)cc2)CC1=O. The normalized spacial score (nSPS) is 16.4. The van der Waals surface area contributed by atoms with Gasteiger partial charge in [-0.3, -0.25) is 9.59 Å². The molecule has 29 heavy (non-hydrogen) atoms. The minimum absolute atomic E-state index is 0.0288.